The van der Waals surface area contributed by atoms with E-state index in [9.17, 15) is 4.79 Å². The summed E-state index contributed by atoms with van der Waals surface area (Å²) in [6.07, 6.45) is 0. The molecule has 58 valence electrons. The summed E-state index contributed by atoms with van der Waals surface area (Å²) in [6, 6.07) is 0.499. The average Bonchev–Trinajstić information content (AvgIpc) is 1.76. The van der Waals surface area contributed by atoms with E-state index in [1.54, 1.807) is 0 Å². The summed E-state index contributed by atoms with van der Waals surface area (Å²) in [7, 11) is 1.89. The molecule has 1 fully saturated rings. The molecule has 1 rings (SSSR count). The number of nitrogens with one attached hydrogen (secondary N) is 1. The van der Waals surface area contributed by atoms with Crippen molar-refractivity contribution < 1.29 is 9.90 Å². The minimum Gasteiger partial charge on any atom is -0.480 e. The van der Waals surface area contributed by atoms with Gasteiger partial charge in [0.05, 0.1) is 6.54 Å². The Bertz CT molecular complexity index is 132. The van der Waals surface area contributed by atoms with Crippen molar-refractivity contribution in [2.45, 2.75) is 6.04 Å². The van der Waals surface area contributed by atoms with Gasteiger partial charge in [0.15, 0.2) is 0 Å². The zero-order chi connectivity index (χ0) is 7.56. The normalized spacial score (nSPS) is 20.5. The Morgan fingerprint density at radius 1 is 1.80 bits per heavy atom. The first kappa shape index (κ1) is 7.50. The molecule has 0 spiro atoms. The van der Waals surface area contributed by atoms with Gasteiger partial charge in [0.2, 0.25) is 0 Å². The van der Waals surface area contributed by atoms with Crippen molar-refractivity contribution >= 4 is 5.97 Å². The number of carbonyl (C=O) groups is 1. The molecule has 1 aliphatic heterocycles. The van der Waals surface area contributed by atoms with Crippen LogP contribution in [0.1, 0.15) is 0 Å². The molecule has 1 aliphatic rings. The minimum absolute atomic E-state index is 0.179. The van der Waals surface area contributed by atoms with Crippen LogP contribution < -0.4 is 5.32 Å². The molecule has 0 bridgehead atoms. The van der Waals surface area contributed by atoms with Crippen LogP contribution in [0, 0.1) is 0 Å². The van der Waals surface area contributed by atoms with Crippen molar-refractivity contribution in [1.82, 2.24) is 10.2 Å². The molecule has 0 atom stereocenters. The maximum Gasteiger partial charge on any atom is 0.317 e. The van der Waals surface area contributed by atoms with E-state index in [-0.39, 0.29) is 6.54 Å². The van der Waals surface area contributed by atoms with E-state index in [2.05, 4.69) is 5.32 Å². The first-order valence-electron chi connectivity index (χ1n) is 3.34. The lowest BCUT2D eigenvalue weighted by Crippen LogP contribution is -2.57. The molecule has 0 aliphatic carbocycles. The summed E-state index contributed by atoms with van der Waals surface area (Å²) >= 11 is 0. The molecule has 4 heteroatoms. The van der Waals surface area contributed by atoms with Gasteiger partial charge < -0.3 is 10.4 Å². The van der Waals surface area contributed by atoms with Crippen molar-refractivity contribution in [2.75, 3.05) is 26.7 Å². The number of likely N-dealkylation sites (tertiary alicyclic amines) is 1. The fourth-order valence-electron chi connectivity index (χ4n) is 1.07. The SMILES string of the molecule is CNC1CN(CC(=O)O)C1. The van der Waals surface area contributed by atoms with E-state index < -0.39 is 5.97 Å². The van der Waals surface area contributed by atoms with Crippen molar-refractivity contribution in [3.8, 4) is 0 Å². The van der Waals surface area contributed by atoms with Gasteiger partial charge in [0.25, 0.3) is 0 Å². The Balaban J connectivity index is 2.08. The van der Waals surface area contributed by atoms with Gasteiger partial charge in [-0.3, -0.25) is 9.69 Å². The molecule has 2 N–H and O–H groups in total. The Kier molecular flexibility index (Phi) is 2.24. The number of carboxylic acids is 1. The summed E-state index contributed by atoms with van der Waals surface area (Å²) in [5.74, 6) is -0.741. The van der Waals surface area contributed by atoms with E-state index in [4.69, 9.17) is 5.11 Å². The summed E-state index contributed by atoms with van der Waals surface area (Å²) in [6.45, 7) is 1.91. The molecule has 0 aromatic carbocycles. The van der Waals surface area contributed by atoms with E-state index in [1.165, 1.54) is 0 Å². The number of aliphatic carboxylic acids is 1. The quantitative estimate of drug-likeness (QED) is 0.532. The summed E-state index contributed by atoms with van der Waals surface area (Å²) < 4.78 is 0. The molecule has 4 nitrogen and oxygen atoms in total. The van der Waals surface area contributed by atoms with E-state index >= 15 is 0 Å². The lowest BCUT2D eigenvalue weighted by atomic mass is 10.1. The number of rotatable bonds is 3. The van der Waals surface area contributed by atoms with E-state index in [0.717, 1.165) is 13.1 Å². The van der Waals surface area contributed by atoms with Crippen molar-refractivity contribution in [3.05, 3.63) is 0 Å². The lowest BCUT2D eigenvalue weighted by molar-refractivity contribution is -0.139. The summed E-state index contributed by atoms with van der Waals surface area (Å²) in [5.41, 5.74) is 0. The van der Waals surface area contributed by atoms with Gasteiger partial charge in [-0.25, -0.2) is 0 Å². The third-order valence-corrected chi connectivity index (χ3v) is 1.72. The molecule has 0 unspecified atom stereocenters. The minimum atomic E-state index is -0.741. The third-order valence-electron chi connectivity index (χ3n) is 1.72. The highest BCUT2D eigenvalue weighted by Crippen LogP contribution is 2.05. The third kappa shape index (κ3) is 1.68. The molecule has 10 heavy (non-hydrogen) atoms. The predicted molar refractivity (Wildman–Crippen MR) is 36.9 cm³/mol. The zero-order valence-corrected chi connectivity index (χ0v) is 6.00. The molecule has 1 heterocycles. The number of hydrogen-bond acceptors (Lipinski definition) is 3. The average molecular weight is 144 g/mol. The number of likely N-dealkylation sites (N-methyl/N-ethyl adjacent to an activating group) is 1. The highest BCUT2D eigenvalue weighted by molar-refractivity contribution is 5.69. The van der Waals surface area contributed by atoms with Crippen LogP contribution in [0.15, 0.2) is 0 Å². The van der Waals surface area contributed by atoms with Gasteiger partial charge in [-0.15, -0.1) is 0 Å². The molecular formula is C6H12N2O2. The van der Waals surface area contributed by atoms with Crippen LogP contribution >= 0.6 is 0 Å². The fourth-order valence-corrected chi connectivity index (χ4v) is 1.07. The van der Waals surface area contributed by atoms with Gasteiger partial charge in [-0.2, -0.15) is 0 Å². The summed E-state index contributed by atoms with van der Waals surface area (Å²) in [4.78, 5) is 12.0. The smallest absolute Gasteiger partial charge is 0.317 e. The van der Waals surface area contributed by atoms with Crippen LogP contribution in [-0.2, 0) is 4.79 Å². The molecule has 0 aromatic heterocycles. The van der Waals surface area contributed by atoms with Gasteiger partial charge in [-0.05, 0) is 7.05 Å². The van der Waals surface area contributed by atoms with Gasteiger partial charge in [0.1, 0.15) is 0 Å². The molecule has 1 saturated heterocycles. The Labute approximate surface area is 59.8 Å². The van der Waals surface area contributed by atoms with Crippen molar-refractivity contribution in [2.24, 2.45) is 0 Å². The Morgan fingerprint density at radius 2 is 2.40 bits per heavy atom. The number of nitrogens with zero attached hydrogens (tertiary/aromatic N) is 1. The van der Waals surface area contributed by atoms with Gasteiger partial charge >= 0.3 is 5.97 Å². The summed E-state index contributed by atoms with van der Waals surface area (Å²) in [5, 5.41) is 11.4. The Hall–Kier alpha value is -0.610. The number of carboxylic acid groups (broad SMARTS) is 1. The van der Waals surface area contributed by atoms with Gasteiger partial charge in [0, 0.05) is 19.1 Å². The van der Waals surface area contributed by atoms with E-state index in [1.807, 2.05) is 11.9 Å². The van der Waals surface area contributed by atoms with Crippen molar-refractivity contribution in [1.29, 1.82) is 0 Å². The van der Waals surface area contributed by atoms with Gasteiger partial charge in [-0.1, -0.05) is 0 Å². The largest absolute Gasteiger partial charge is 0.480 e. The van der Waals surface area contributed by atoms with E-state index in [0.29, 0.717) is 6.04 Å². The molecule has 0 radical (unpaired) electrons. The lowest BCUT2D eigenvalue weighted by Gasteiger charge is -2.37. The monoisotopic (exact) mass is 144 g/mol. The predicted octanol–water partition coefficient (Wildman–Crippen LogP) is -1.03. The molecular weight excluding hydrogens is 132 g/mol. The van der Waals surface area contributed by atoms with Crippen LogP contribution in [0.25, 0.3) is 0 Å². The molecule has 0 saturated carbocycles. The highest BCUT2D eigenvalue weighted by atomic mass is 16.4. The maximum atomic E-state index is 10.1. The zero-order valence-electron chi connectivity index (χ0n) is 6.00. The standard InChI is InChI=1S/C6H12N2O2/c1-7-5-2-8(3-5)4-6(9)10/h5,7H,2-4H2,1H3,(H,9,10). The molecule has 0 amide bonds. The fraction of sp³-hybridized carbons (Fsp3) is 0.833. The first-order chi connectivity index (χ1) is 4.72. The maximum absolute atomic E-state index is 10.1. The second-order valence-corrected chi connectivity index (χ2v) is 2.57. The van der Waals surface area contributed by atoms with Crippen LogP contribution in [0.4, 0.5) is 0 Å². The molecule has 0 aromatic rings. The van der Waals surface area contributed by atoms with Crippen LogP contribution in [-0.4, -0.2) is 48.7 Å². The van der Waals surface area contributed by atoms with Crippen LogP contribution in [0.5, 0.6) is 0 Å². The topological polar surface area (TPSA) is 52.6 Å². The second-order valence-electron chi connectivity index (χ2n) is 2.57. The second kappa shape index (κ2) is 2.98. The van der Waals surface area contributed by atoms with Crippen LogP contribution in [0.3, 0.4) is 0 Å². The van der Waals surface area contributed by atoms with Crippen molar-refractivity contribution in [3.63, 3.8) is 0 Å². The van der Waals surface area contributed by atoms with Crippen LogP contribution in [0.2, 0.25) is 0 Å². The first-order valence-corrected chi connectivity index (χ1v) is 3.34. The number of hydrogen-bond donors (Lipinski definition) is 2. The Morgan fingerprint density at radius 3 is 2.80 bits per heavy atom. The highest BCUT2D eigenvalue weighted by Gasteiger charge is 2.25.